The van der Waals surface area contributed by atoms with Crippen LogP contribution in [0.5, 0.6) is 0 Å². The maximum absolute atomic E-state index is 13.6. The number of ether oxygens (including phenoxy) is 1. The minimum atomic E-state index is -4.59. The Morgan fingerprint density at radius 1 is 1.21 bits per heavy atom. The summed E-state index contributed by atoms with van der Waals surface area (Å²) in [6.45, 7) is 0.663. The predicted molar refractivity (Wildman–Crippen MR) is 133 cm³/mol. The molecule has 0 bridgehead atoms. The van der Waals surface area contributed by atoms with Crippen LogP contribution >= 0.6 is 11.6 Å². The van der Waals surface area contributed by atoms with E-state index >= 15 is 0 Å². The van der Waals surface area contributed by atoms with Crippen molar-refractivity contribution < 1.29 is 26.3 Å². The molecule has 0 radical (unpaired) electrons. The number of alkyl halides is 3. The minimum Gasteiger partial charge on any atom is -0.362 e. The van der Waals surface area contributed by atoms with Gasteiger partial charge in [-0.05, 0) is 30.9 Å². The highest BCUT2D eigenvalue weighted by molar-refractivity contribution is 7.90. The van der Waals surface area contributed by atoms with Crippen LogP contribution in [0.3, 0.4) is 0 Å². The summed E-state index contributed by atoms with van der Waals surface area (Å²) in [6.07, 6.45) is 0.118. The highest BCUT2D eigenvalue weighted by Crippen LogP contribution is 2.34. The second-order valence-electron chi connectivity index (χ2n) is 9.39. The smallest absolute Gasteiger partial charge is 0.362 e. The van der Waals surface area contributed by atoms with Crippen LogP contribution in [-0.2, 0) is 40.3 Å². The van der Waals surface area contributed by atoms with E-state index < -0.39 is 33.4 Å². The van der Waals surface area contributed by atoms with E-state index in [2.05, 4.69) is 10.1 Å². The van der Waals surface area contributed by atoms with E-state index in [9.17, 15) is 26.4 Å². The van der Waals surface area contributed by atoms with Crippen molar-refractivity contribution in [3.8, 4) is 0 Å². The Balaban J connectivity index is 1.49. The number of sulfone groups is 1. The van der Waals surface area contributed by atoms with E-state index in [0.717, 1.165) is 25.2 Å². The fourth-order valence-corrected chi connectivity index (χ4v) is 6.06. The molecule has 2 aliphatic heterocycles. The van der Waals surface area contributed by atoms with Gasteiger partial charge in [-0.1, -0.05) is 29.8 Å². The van der Waals surface area contributed by atoms with E-state index in [1.54, 1.807) is 4.90 Å². The van der Waals surface area contributed by atoms with E-state index in [0.29, 0.717) is 36.6 Å². The quantitative estimate of drug-likeness (QED) is 0.459. The van der Waals surface area contributed by atoms with E-state index in [1.165, 1.54) is 33.6 Å². The number of nitrogens with zero attached hydrogens (tertiary/aromatic N) is 5. The zero-order valence-electron chi connectivity index (χ0n) is 20.4. The molecule has 2 aliphatic rings. The Kier molecular flexibility index (Phi) is 7.03. The van der Waals surface area contributed by atoms with Gasteiger partial charge in [-0.3, -0.25) is 4.79 Å². The van der Waals surface area contributed by atoms with Crippen molar-refractivity contribution in [1.29, 1.82) is 0 Å². The molecule has 0 N–H and O–H groups in total. The summed E-state index contributed by atoms with van der Waals surface area (Å²) >= 11 is 6.46. The van der Waals surface area contributed by atoms with E-state index in [1.807, 2.05) is 0 Å². The number of rotatable bonds is 5. The van der Waals surface area contributed by atoms with Gasteiger partial charge in [-0.25, -0.2) is 13.4 Å². The number of hydrogen-bond donors (Lipinski definition) is 0. The van der Waals surface area contributed by atoms with Crippen LogP contribution in [0.25, 0.3) is 0 Å². The fraction of sp³-hybridized carbons (Fsp3) is 0.458. The lowest BCUT2D eigenvalue weighted by Crippen LogP contribution is -2.36. The van der Waals surface area contributed by atoms with Gasteiger partial charge in [-0.15, -0.1) is 0 Å². The Morgan fingerprint density at radius 2 is 1.97 bits per heavy atom. The molecule has 0 spiro atoms. The van der Waals surface area contributed by atoms with Gasteiger partial charge in [0.05, 0.1) is 36.2 Å². The molecule has 204 valence electrons. The molecule has 2 aromatic heterocycles. The fourth-order valence-electron chi connectivity index (χ4n) is 4.95. The molecule has 1 saturated heterocycles. The first-order valence-corrected chi connectivity index (χ1v) is 14.3. The summed E-state index contributed by atoms with van der Waals surface area (Å²) in [6, 6.07) is 5.06. The monoisotopic (exact) mass is 571 g/mol. The zero-order chi connectivity index (χ0) is 27.2. The zero-order valence-corrected chi connectivity index (χ0v) is 22.0. The molecular weight excluding hydrogens is 547 g/mol. The van der Waals surface area contributed by atoms with E-state index in [-0.39, 0.29) is 35.3 Å². The Morgan fingerprint density at radius 3 is 2.66 bits per heavy atom. The summed E-state index contributed by atoms with van der Waals surface area (Å²) < 4.78 is 74.2. The molecule has 1 atom stereocenters. The van der Waals surface area contributed by atoms with Crippen LogP contribution in [0.1, 0.15) is 48.0 Å². The third-order valence-corrected chi connectivity index (χ3v) is 8.09. The molecule has 9 nitrogen and oxygen atoms in total. The molecule has 5 rings (SSSR count). The predicted octanol–water partition coefficient (Wildman–Crippen LogP) is 3.83. The second kappa shape index (κ2) is 10.0. The SMILES string of the molecule is CS(=O)(=O)c1nc2c(n1Cc1ccccc1C(F)(F)F)CCN(c1cnn(C3CCCCO3)c(=O)c1Cl)C2. The van der Waals surface area contributed by atoms with Crippen molar-refractivity contribution in [2.24, 2.45) is 0 Å². The van der Waals surface area contributed by atoms with Crippen LogP contribution < -0.4 is 10.5 Å². The lowest BCUT2D eigenvalue weighted by molar-refractivity contribution is -0.138. The van der Waals surface area contributed by atoms with Crippen molar-refractivity contribution in [1.82, 2.24) is 19.3 Å². The third kappa shape index (κ3) is 5.06. The first-order chi connectivity index (χ1) is 17.9. The van der Waals surface area contributed by atoms with Crippen LogP contribution in [0.4, 0.5) is 18.9 Å². The highest BCUT2D eigenvalue weighted by atomic mass is 35.5. The summed E-state index contributed by atoms with van der Waals surface area (Å²) in [7, 11) is -3.86. The van der Waals surface area contributed by atoms with Crippen LogP contribution in [0, 0.1) is 0 Å². The average molecular weight is 572 g/mol. The number of hydrogen-bond acceptors (Lipinski definition) is 7. The molecular formula is C24H25ClF3N5O4S. The number of benzene rings is 1. The van der Waals surface area contributed by atoms with Crippen LogP contribution in [0.15, 0.2) is 40.4 Å². The minimum absolute atomic E-state index is 0.0421. The maximum atomic E-state index is 13.6. The van der Waals surface area contributed by atoms with Gasteiger partial charge >= 0.3 is 6.18 Å². The van der Waals surface area contributed by atoms with Gasteiger partial charge in [0.25, 0.3) is 5.56 Å². The summed E-state index contributed by atoms with van der Waals surface area (Å²) in [5, 5.41) is 3.92. The van der Waals surface area contributed by atoms with Gasteiger partial charge in [0.15, 0.2) is 6.23 Å². The van der Waals surface area contributed by atoms with Gasteiger partial charge < -0.3 is 14.2 Å². The van der Waals surface area contributed by atoms with Crippen LogP contribution in [-0.4, -0.2) is 47.2 Å². The highest BCUT2D eigenvalue weighted by Gasteiger charge is 2.35. The summed E-state index contributed by atoms with van der Waals surface area (Å²) in [5.74, 6) is 0. The standard InChI is InChI=1S/C24H25ClF3N5O4S/c1-38(35,36)23-30-17-14-31(19-12-29-33(22(34)21(19)25)20-8-4-5-11-37-20)10-9-18(17)32(23)13-15-6-2-3-7-16(15)24(26,27)28/h2-3,6-7,12,20H,4-5,8-11,13-14H2,1H3. The van der Waals surface area contributed by atoms with Gasteiger partial charge in [0, 0.05) is 31.5 Å². The molecule has 38 heavy (non-hydrogen) atoms. The number of anilines is 1. The molecule has 0 aliphatic carbocycles. The molecule has 0 saturated carbocycles. The molecule has 1 unspecified atom stereocenters. The first-order valence-electron chi connectivity index (χ1n) is 12.0. The van der Waals surface area contributed by atoms with Crippen molar-refractivity contribution in [3.05, 3.63) is 68.4 Å². The molecule has 1 fully saturated rings. The number of halogens is 4. The number of fused-ring (bicyclic) bond motifs is 1. The van der Waals surface area contributed by atoms with Gasteiger partial charge in [-0.2, -0.15) is 23.0 Å². The van der Waals surface area contributed by atoms with Crippen molar-refractivity contribution >= 4 is 27.1 Å². The second-order valence-corrected chi connectivity index (χ2v) is 11.7. The molecule has 14 heteroatoms. The molecule has 4 heterocycles. The summed E-state index contributed by atoms with van der Waals surface area (Å²) in [5.41, 5.74) is -0.114. The maximum Gasteiger partial charge on any atom is 0.416 e. The number of imidazole rings is 1. The molecule has 1 aromatic carbocycles. The normalized spacial score (nSPS) is 18.4. The van der Waals surface area contributed by atoms with Crippen molar-refractivity contribution in [2.45, 2.75) is 56.3 Å². The lowest BCUT2D eigenvalue weighted by Gasteiger charge is -2.30. The van der Waals surface area contributed by atoms with Crippen molar-refractivity contribution in [3.63, 3.8) is 0 Å². The van der Waals surface area contributed by atoms with E-state index in [4.69, 9.17) is 16.3 Å². The first kappa shape index (κ1) is 26.7. The number of aromatic nitrogens is 4. The van der Waals surface area contributed by atoms with Gasteiger partial charge in [0.2, 0.25) is 15.0 Å². The topological polar surface area (TPSA) is 99.3 Å². The Labute approximate surface area is 221 Å². The van der Waals surface area contributed by atoms with Gasteiger partial charge in [0.1, 0.15) is 5.02 Å². The average Bonchev–Trinajstić information content (AvgIpc) is 3.24. The molecule has 0 amide bonds. The summed E-state index contributed by atoms with van der Waals surface area (Å²) in [4.78, 5) is 19.0. The molecule has 3 aromatic rings. The Hall–Kier alpha value is -2.90. The largest absolute Gasteiger partial charge is 0.416 e. The third-order valence-electron chi connectivity index (χ3n) is 6.76. The van der Waals surface area contributed by atoms with Crippen LogP contribution in [0.2, 0.25) is 5.02 Å². The van der Waals surface area contributed by atoms with Crippen molar-refractivity contribution in [2.75, 3.05) is 24.3 Å². The Bertz CT molecular complexity index is 1530. The lowest BCUT2D eigenvalue weighted by atomic mass is 10.1.